The van der Waals surface area contributed by atoms with Crippen LogP contribution in [-0.4, -0.2) is 44.4 Å². The van der Waals surface area contributed by atoms with Crippen molar-refractivity contribution in [3.8, 4) is 0 Å². The monoisotopic (exact) mass is 352 g/mol. The quantitative estimate of drug-likeness (QED) is 0.741. The smallest absolute Gasteiger partial charge is 0.139 e. The van der Waals surface area contributed by atoms with E-state index in [4.69, 9.17) is 0 Å². The van der Waals surface area contributed by atoms with E-state index >= 15 is 0 Å². The highest BCUT2D eigenvalue weighted by molar-refractivity contribution is 5.29. The van der Waals surface area contributed by atoms with Crippen LogP contribution in [0.3, 0.4) is 0 Å². The highest BCUT2D eigenvalue weighted by atomic mass is 16.3. The SMILES string of the molecule is C[NH+]1C[C@@]2(C)C[NH+](C(c3ccccc3)c3ccccc3)C[C@@](C)(C1)C2O. The van der Waals surface area contributed by atoms with Gasteiger partial charge < -0.3 is 14.9 Å². The Labute approximate surface area is 157 Å². The third-order valence-corrected chi connectivity index (χ3v) is 6.67. The third-order valence-electron chi connectivity index (χ3n) is 6.67. The highest BCUT2D eigenvalue weighted by Crippen LogP contribution is 2.38. The van der Waals surface area contributed by atoms with Crippen LogP contribution in [-0.2, 0) is 0 Å². The molecule has 2 aliphatic heterocycles. The van der Waals surface area contributed by atoms with E-state index in [9.17, 15) is 5.11 Å². The van der Waals surface area contributed by atoms with Gasteiger partial charge in [-0.2, -0.15) is 0 Å². The zero-order chi connectivity index (χ0) is 18.4. The van der Waals surface area contributed by atoms with E-state index in [1.807, 2.05) is 0 Å². The van der Waals surface area contributed by atoms with E-state index in [1.165, 1.54) is 11.1 Å². The first-order chi connectivity index (χ1) is 12.4. The van der Waals surface area contributed by atoms with Crippen LogP contribution in [0.2, 0.25) is 0 Å². The molecule has 0 saturated carbocycles. The minimum atomic E-state index is -0.213. The fourth-order valence-corrected chi connectivity index (χ4v) is 6.05. The van der Waals surface area contributed by atoms with Crippen LogP contribution in [0.4, 0.5) is 0 Å². The normalized spacial score (nSPS) is 36.9. The maximum atomic E-state index is 11.1. The Kier molecular flexibility index (Phi) is 4.42. The third kappa shape index (κ3) is 2.98. The summed E-state index contributed by atoms with van der Waals surface area (Å²) in [5.41, 5.74) is 2.67. The zero-order valence-corrected chi connectivity index (χ0v) is 16.2. The Bertz CT molecular complexity index is 688. The summed E-state index contributed by atoms with van der Waals surface area (Å²) < 4.78 is 0. The molecule has 4 rings (SSSR count). The van der Waals surface area contributed by atoms with Crippen molar-refractivity contribution in [2.45, 2.75) is 26.0 Å². The summed E-state index contributed by atoms with van der Waals surface area (Å²) in [4.78, 5) is 3.14. The largest absolute Gasteiger partial charge is 0.391 e. The van der Waals surface area contributed by atoms with Gasteiger partial charge in [0.2, 0.25) is 0 Å². The molecule has 3 heteroatoms. The van der Waals surface area contributed by atoms with Crippen LogP contribution in [0, 0.1) is 10.8 Å². The number of nitrogens with one attached hydrogen (secondary N) is 2. The molecule has 5 atom stereocenters. The predicted octanol–water partition coefficient (Wildman–Crippen LogP) is 0.576. The molecule has 0 radical (unpaired) electrons. The maximum absolute atomic E-state index is 11.1. The molecule has 2 bridgehead atoms. The Morgan fingerprint density at radius 3 is 1.65 bits per heavy atom. The van der Waals surface area contributed by atoms with Gasteiger partial charge in [0.05, 0.1) is 50.2 Å². The minimum Gasteiger partial charge on any atom is -0.391 e. The molecule has 2 heterocycles. The minimum absolute atomic E-state index is 0.0352. The molecule has 2 aromatic carbocycles. The summed E-state index contributed by atoms with van der Waals surface area (Å²) in [5.74, 6) is 0. The number of aliphatic hydroxyl groups is 1. The van der Waals surface area contributed by atoms with E-state index < -0.39 is 0 Å². The van der Waals surface area contributed by atoms with Gasteiger partial charge in [0.1, 0.15) is 6.04 Å². The Hall–Kier alpha value is -1.68. The van der Waals surface area contributed by atoms with Crippen molar-refractivity contribution in [1.82, 2.24) is 0 Å². The van der Waals surface area contributed by atoms with Gasteiger partial charge in [-0.1, -0.05) is 60.7 Å². The van der Waals surface area contributed by atoms with Crippen LogP contribution in [0.1, 0.15) is 31.0 Å². The summed E-state index contributed by atoms with van der Waals surface area (Å²) >= 11 is 0. The van der Waals surface area contributed by atoms with Gasteiger partial charge in [0.15, 0.2) is 0 Å². The van der Waals surface area contributed by atoms with Crippen LogP contribution in [0.25, 0.3) is 0 Å². The molecule has 0 aliphatic carbocycles. The van der Waals surface area contributed by atoms with Gasteiger partial charge in [0.25, 0.3) is 0 Å². The van der Waals surface area contributed by atoms with Crippen molar-refractivity contribution in [2.75, 3.05) is 33.2 Å². The molecule has 2 fully saturated rings. The van der Waals surface area contributed by atoms with E-state index in [0.717, 1.165) is 26.2 Å². The number of aliphatic hydroxyl groups excluding tert-OH is 1. The summed E-state index contributed by atoms with van der Waals surface area (Å²) in [6.45, 7) is 8.70. The average Bonchev–Trinajstić information content (AvgIpc) is 2.60. The number of hydrogen-bond acceptors (Lipinski definition) is 1. The maximum Gasteiger partial charge on any atom is 0.139 e. The van der Waals surface area contributed by atoms with Crippen LogP contribution in [0.15, 0.2) is 60.7 Å². The molecule has 26 heavy (non-hydrogen) atoms. The molecule has 3 nitrogen and oxygen atoms in total. The van der Waals surface area contributed by atoms with Crippen LogP contribution in [0.5, 0.6) is 0 Å². The number of fused-ring (bicyclic) bond motifs is 2. The molecule has 3 unspecified atom stereocenters. The highest BCUT2D eigenvalue weighted by Gasteiger charge is 2.61. The lowest BCUT2D eigenvalue weighted by Crippen LogP contribution is -3.24. The van der Waals surface area contributed by atoms with Crippen molar-refractivity contribution in [3.63, 3.8) is 0 Å². The van der Waals surface area contributed by atoms with Crippen molar-refractivity contribution in [1.29, 1.82) is 0 Å². The lowest BCUT2D eigenvalue weighted by atomic mass is 9.62. The molecular formula is C23H32N2O+2. The second-order valence-electron chi connectivity index (χ2n) is 9.29. The van der Waals surface area contributed by atoms with E-state index in [0.29, 0.717) is 6.04 Å². The van der Waals surface area contributed by atoms with Gasteiger partial charge in [-0.3, -0.25) is 0 Å². The number of piperidine rings is 2. The predicted molar refractivity (Wildman–Crippen MR) is 104 cm³/mol. The summed E-state index contributed by atoms with van der Waals surface area (Å²) in [5, 5.41) is 11.1. The number of likely N-dealkylation sites (tertiary alicyclic amines) is 2. The average molecular weight is 353 g/mol. The lowest BCUT2D eigenvalue weighted by molar-refractivity contribution is -0.982. The number of quaternary nitrogens is 2. The van der Waals surface area contributed by atoms with E-state index in [2.05, 4.69) is 81.6 Å². The molecular weight excluding hydrogens is 320 g/mol. The number of rotatable bonds is 3. The molecule has 0 aromatic heterocycles. The Morgan fingerprint density at radius 2 is 1.23 bits per heavy atom. The Balaban J connectivity index is 1.76. The first-order valence-electron chi connectivity index (χ1n) is 9.85. The van der Waals surface area contributed by atoms with Gasteiger partial charge in [0, 0.05) is 11.1 Å². The molecule has 3 N–H and O–H groups in total. The van der Waals surface area contributed by atoms with E-state index in [-0.39, 0.29) is 16.9 Å². The molecule has 138 valence electrons. The summed E-state index contributed by atoms with van der Waals surface area (Å²) in [6, 6.07) is 22.1. The molecule has 2 saturated heterocycles. The lowest BCUT2D eigenvalue weighted by Gasteiger charge is -2.56. The van der Waals surface area contributed by atoms with E-state index in [1.54, 1.807) is 9.80 Å². The van der Waals surface area contributed by atoms with Crippen molar-refractivity contribution in [2.24, 2.45) is 10.8 Å². The summed E-state index contributed by atoms with van der Waals surface area (Å²) in [7, 11) is 2.28. The standard InChI is InChI=1S/C23H30N2O/c1-22-14-24(3)15-23(2,21(22)26)17-25(16-22)20(18-10-6-4-7-11-18)19-12-8-5-9-13-19/h4-13,20-21,26H,14-17H2,1-3H3/p+2/t21?,22-,23+. The molecule has 0 spiro atoms. The second-order valence-corrected chi connectivity index (χ2v) is 9.29. The number of benzene rings is 2. The fraction of sp³-hybridized carbons (Fsp3) is 0.478. The van der Waals surface area contributed by atoms with Crippen LogP contribution >= 0.6 is 0 Å². The molecule has 2 aromatic rings. The van der Waals surface area contributed by atoms with Crippen molar-refractivity contribution >= 4 is 0 Å². The molecule has 0 amide bonds. The van der Waals surface area contributed by atoms with Crippen LogP contribution < -0.4 is 9.80 Å². The van der Waals surface area contributed by atoms with Crippen molar-refractivity contribution < 1.29 is 14.9 Å². The zero-order valence-electron chi connectivity index (χ0n) is 16.2. The first kappa shape index (κ1) is 17.7. The van der Waals surface area contributed by atoms with Gasteiger partial charge in [-0.25, -0.2) is 0 Å². The topological polar surface area (TPSA) is 29.1 Å². The summed E-state index contributed by atoms with van der Waals surface area (Å²) in [6.07, 6.45) is -0.213. The second kappa shape index (κ2) is 6.49. The number of hydrogen-bond donors (Lipinski definition) is 3. The van der Waals surface area contributed by atoms with Gasteiger partial charge in [-0.15, -0.1) is 0 Å². The van der Waals surface area contributed by atoms with Gasteiger partial charge >= 0.3 is 0 Å². The molecule has 2 aliphatic rings. The fourth-order valence-electron chi connectivity index (χ4n) is 6.05. The van der Waals surface area contributed by atoms with Crippen molar-refractivity contribution in [3.05, 3.63) is 71.8 Å². The first-order valence-corrected chi connectivity index (χ1v) is 9.85. The Morgan fingerprint density at radius 1 is 0.808 bits per heavy atom. The van der Waals surface area contributed by atoms with Gasteiger partial charge in [-0.05, 0) is 13.8 Å².